The Morgan fingerprint density at radius 1 is 1.03 bits per heavy atom. The number of carbonyl (C=O) groups excluding carboxylic acids is 2. The molecule has 1 N–H and O–H groups in total. The Balaban J connectivity index is 2.27. The van der Waals surface area contributed by atoms with E-state index in [4.69, 9.17) is 18.3 Å². The molecule has 192 valence electrons. The van der Waals surface area contributed by atoms with Crippen molar-refractivity contribution in [3.63, 3.8) is 0 Å². The third kappa shape index (κ3) is 8.11. The molecule has 0 spiro atoms. The topological polar surface area (TPSA) is 87.0 Å². The Hall–Kier alpha value is -2.84. The lowest BCUT2D eigenvalue weighted by atomic mass is 9.91. The van der Waals surface area contributed by atoms with Gasteiger partial charge in [0.15, 0.2) is 8.32 Å². The number of alkyl carbamates (subject to hydrolysis) is 1. The van der Waals surface area contributed by atoms with Crippen LogP contribution in [0, 0.1) is 0 Å². The summed E-state index contributed by atoms with van der Waals surface area (Å²) in [6.07, 6.45) is 0.676. The molecule has 0 bridgehead atoms. The molecule has 1 heterocycles. The highest BCUT2D eigenvalue weighted by Gasteiger charge is 2.37. The van der Waals surface area contributed by atoms with Gasteiger partial charge in [-0.05, 0) is 29.8 Å². The number of furan rings is 1. The van der Waals surface area contributed by atoms with E-state index in [1.165, 1.54) is 13.2 Å². The summed E-state index contributed by atoms with van der Waals surface area (Å²) in [5.74, 6) is 0.459. The van der Waals surface area contributed by atoms with Gasteiger partial charge in [0.2, 0.25) is 0 Å². The molecule has 2 rings (SSSR count). The predicted molar refractivity (Wildman–Crippen MR) is 139 cm³/mol. The number of esters is 1. The van der Waals surface area contributed by atoms with Gasteiger partial charge in [-0.25, -0.2) is 9.59 Å². The molecule has 1 aromatic carbocycles. The first-order valence-electron chi connectivity index (χ1n) is 11.7. The van der Waals surface area contributed by atoms with Crippen LogP contribution in [-0.2, 0) is 37.3 Å². The summed E-state index contributed by atoms with van der Waals surface area (Å²) in [7, 11) is -0.736. The van der Waals surface area contributed by atoms with Crippen LogP contribution in [0.25, 0.3) is 6.08 Å². The fourth-order valence-electron chi connectivity index (χ4n) is 3.01. The van der Waals surface area contributed by atoms with Gasteiger partial charge in [-0.15, -0.1) is 0 Å². The SMILES string of the molecule is COC(=O)C(=Cc1cc(CO[Si](C)(C)C(C)(C)C)c(C(C)(C)C)o1)NC(=O)OCc1ccccc1. The molecule has 1 aromatic heterocycles. The molecular weight excluding hydrogens is 462 g/mol. The minimum Gasteiger partial charge on any atom is -0.464 e. The number of methoxy groups -OCH3 is 1. The third-order valence-electron chi connectivity index (χ3n) is 6.05. The second-order valence-electron chi connectivity index (χ2n) is 11.0. The highest BCUT2D eigenvalue weighted by molar-refractivity contribution is 6.74. The number of rotatable bonds is 8. The maximum atomic E-state index is 12.4. The van der Waals surface area contributed by atoms with Crippen molar-refractivity contribution in [3.8, 4) is 0 Å². The maximum absolute atomic E-state index is 12.4. The van der Waals surface area contributed by atoms with Gasteiger partial charge < -0.3 is 18.3 Å². The van der Waals surface area contributed by atoms with Crippen molar-refractivity contribution < 1.29 is 27.9 Å². The summed E-state index contributed by atoms with van der Waals surface area (Å²) in [5.41, 5.74) is 1.37. The molecule has 0 aliphatic carbocycles. The first kappa shape index (κ1) is 28.4. The first-order chi connectivity index (χ1) is 16.1. The number of hydrogen-bond donors (Lipinski definition) is 1. The fourth-order valence-corrected chi connectivity index (χ4v) is 3.95. The number of amides is 1. The summed E-state index contributed by atoms with van der Waals surface area (Å²) in [4.78, 5) is 24.7. The van der Waals surface area contributed by atoms with Crippen LogP contribution in [0.2, 0.25) is 18.1 Å². The van der Waals surface area contributed by atoms with Gasteiger partial charge in [0.1, 0.15) is 23.8 Å². The van der Waals surface area contributed by atoms with Crippen LogP contribution >= 0.6 is 0 Å². The molecule has 0 aliphatic heterocycles. The van der Waals surface area contributed by atoms with Gasteiger partial charge in [-0.3, -0.25) is 5.32 Å². The molecule has 0 aliphatic rings. The van der Waals surface area contributed by atoms with Crippen LogP contribution in [-0.4, -0.2) is 27.5 Å². The van der Waals surface area contributed by atoms with E-state index in [0.29, 0.717) is 12.4 Å². The number of hydrogen-bond acceptors (Lipinski definition) is 6. The number of ether oxygens (including phenoxy) is 2. The lowest BCUT2D eigenvalue weighted by molar-refractivity contribution is -0.136. The number of benzene rings is 1. The van der Waals surface area contributed by atoms with E-state index in [1.54, 1.807) is 0 Å². The van der Waals surface area contributed by atoms with Crippen LogP contribution in [0.15, 0.2) is 46.5 Å². The van der Waals surface area contributed by atoms with E-state index < -0.39 is 20.4 Å². The molecule has 2 aromatic rings. The molecule has 0 radical (unpaired) electrons. The highest BCUT2D eigenvalue weighted by atomic mass is 28.4. The van der Waals surface area contributed by atoms with Crippen molar-refractivity contribution in [1.29, 1.82) is 0 Å². The second-order valence-corrected chi connectivity index (χ2v) is 15.8. The van der Waals surface area contributed by atoms with Gasteiger partial charge in [0.05, 0.1) is 13.7 Å². The van der Waals surface area contributed by atoms with E-state index in [2.05, 4.69) is 60.0 Å². The van der Waals surface area contributed by atoms with Crippen molar-refractivity contribution in [3.05, 3.63) is 64.7 Å². The summed E-state index contributed by atoms with van der Waals surface area (Å²) >= 11 is 0. The Kier molecular flexibility index (Phi) is 9.14. The quantitative estimate of drug-likeness (QED) is 0.251. The van der Waals surface area contributed by atoms with Crippen LogP contribution in [0.1, 0.15) is 64.2 Å². The monoisotopic (exact) mass is 501 g/mol. The van der Waals surface area contributed by atoms with Gasteiger partial charge in [-0.1, -0.05) is 71.9 Å². The smallest absolute Gasteiger partial charge is 0.412 e. The lowest BCUT2D eigenvalue weighted by Gasteiger charge is -2.36. The van der Waals surface area contributed by atoms with Crippen molar-refractivity contribution in [1.82, 2.24) is 5.32 Å². The summed E-state index contributed by atoms with van der Waals surface area (Å²) in [6.45, 7) is 17.6. The Labute approximate surface area is 210 Å². The summed E-state index contributed by atoms with van der Waals surface area (Å²) in [5, 5.41) is 2.54. The van der Waals surface area contributed by atoms with Crippen molar-refractivity contribution in [2.24, 2.45) is 0 Å². The lowest BCUT2D eigenvalue weighted by Crippen LogP contribution is -2.40. The molecule has 0 saturated heterocycles. The molecule has 0 unspecified atom stereocenters. The van der Waals surface area contributed by atoms with Crippen molar-refractivity contribution in [2.75, 3.05) is 7.11 Å². The zero-order valence-electron chi connectivity index (χ0n) is 22.4. The van der Waals surface area contributed by atoms with Gasteiger partial charge in [-0.2, -0.15) is 0 Å². The fraction of sp³-hybridized carbons (Fsp3) is 0.481. The minimum absolute atomic E-state index is 0.0729. The molecular formula is C27H39NO6Si. The Morgan fingerprint density at radius 3 is 2.20 bits per heavy atom. The Bertz CT molecular complexity index is 1040. The van der Waals surface area contributed by atoms with Crippen molar-refractivity contribution >= 4 is 26.5 Å². The first-order valence-corrected chi connectivity index (χ1v) is 14.6. The summed E-state index contributed by atoms with van der Waals surface area (Å²) < 4.78 is 22.6. The minimum atomic E-state index is -1.98. The largest absolute Gasteiger partial charge is 0.464 e. The van der Waals surface area contributed by atoms with Gasteiger partial charge in [0, 0.05) is 17.1 Å². The van der Waals surface area contributed by atoms with E-state index in [9.17, 15) is 9.59 Å². The molecule has 0 fully saturated rings. The molecule has 0 saturated carbocycles. The molecule has 7 nitrogen and oxygen atoms in total. The van der Waals surface area contributed by atoms with Crippen molar-refractivity contribution in [2.45, 2.75) is 78.3 Å². The van der Waals surface area contributed by atoms with E-state index in [1.807, 2.05) is 36.4 Å². The summed E-state index contributed by atoms with van der Waals surface area (Å²) in [6, 6.07) is 11.1. The van der Waals surface area contributed by atoms with E-state index in [-0.39, 0.29) is 22.8 Å². The zero-order valence-corrected chi connectivity index (χ0v) is 23.4. The second kappa shape index (κ2) is 11.3. The van der Waals surface area contributed by atoms with E-state index >= 15 is 0 Å². The van der Waals surface area contributed by atoms with Gasteiger partial charge in [0.25, 0.3) is 0 Å². The highest BCUT2D eigenvalue weighted by Crippen LogP contribution is 2.38. The molecule has 1 amide bonds. The molecule has 0 atom stereocenters. The van der Waals surface area contributed by atoms with Crippen LogP contribution in [0.5, 0.6) is 0 Å². The van der Waals surface area contributed by atoms with Crippen LogP contribution in [0.4, 0.5) is 4.79 Å². The normalized spacial score (nSPS) is 12.9. The van der Waals surface area contributed by atoms with Crippen LogP contribution in [0.3, 0.4) is 0 Å². The third-order valence-corrected chi connectivity index (χ3v) is 10.5. The van der Waals surface area contributed by atoms with Gasteiger partial charge >= 0.3 is 12.1 Å². The average molecular weight is 502 g/mol. The Morgan fingerprint density at radius 2 is 1.66 bits per heavy atom. The predicted octanol–water partition coefficient (Wildman–Crippen LogP) is 6.54. The van der Waals surface area contributed by atoms with E-state index in [0.717, 1.165) is 16.9 Å². The standard InChI is InChI=1S/C27H39NO6Si/c1-26(2,3)23-20(18-33-35(8,9)27(4,5)6)15-21(34-23)16-22(24(29)31-7)28-25(30)32-17-19-13-11-10-12-14-19/h10-16H,17-18H2,1-9H3,(H,28,30). The molecule has 8 heteroatoms. The number of carbonyl (C=O) groups is 2. The van der Waals surface area contributed by atoms with Crippen LogP contribution < -0.4 is 5.32 Å². The maximum Gasteiger partial charge on any atom is 0.412 e. The zero-order chi connectivity index (χ0) is 26.4. The average Bonchev–Trinajstić information content (AvgIpc) is 3.18. The molecule has 35 heavy (non-hydrogen) atoms. The number of nitrogens with one attached hydrogen (secondary N) is 1.